The van der Waals surface area contributed by atoms with Crippen LogP contribution in [0.4, 0.5) is 16.2 Å². The number of aryl methyl sites for hydroxylation is 1. The number of nitrogens with zero attached hydrogens (tertiary/aromatic N) is 3. The third-order valence-corrected chi connectivity index (χ3v) is 3.50. The quantitative estimate of drug-likeness (QED) is 0.915. The number of benzene rings is 1. The van der Waals surface area contributed by atoms with Gasteiger partial charge < -0.3 is 15.4 Å². The molecule has 0 unspecified atom stereocenters. The van der Waals surface area contributed by atoms with Crippen molar-refractivity contribution in [2.45, 2.75) is 6.92 Å². The Morgan fingerprint density at radius 2 is 1.95 bits per heavy atom. The summed E-state index contributed by atoms with van der Waals surface area (Å²) >= 11 is 0. The van der Waals surface area contributed by atoms with E-state index in [0.717, 1.165) is 13.1 Å². The first-order chi connectivity index (χ1) is 10.1. The number of hydrogen-bond donors (Lipinski definition) is 1. The molecule has 1 aliphatic rings. The van der Waals surface area contributed by atoms with Crippen molar-refractivity contribution in [1.82, 2.24) is 9.97 Å². The van der Waals surface area contributed by atoms with Crippen molar-refractivity contribution < 1.29 is 9.13 Å². The van der Waals surface area contributed by atoms with Crippen molar-refractivity contribution >= 4 is 11.8 Å². The Labute approximate surface area is 122 Å². The van der Waals surface area contributed by atoms with Crippen molar-refractivity contribution in [2.75, 3.05) is 36.9 Å². The van der Waals surface area contributed by atoms with Crippen LogP contribution in [-0.4, -0.2) is 36.3 Å². The highest BCUT2D eigenvalue weighted by Gasteiger charge is 2.16. The van der Waals surface area contributed by atoms with Gasteiger partial charge in [0, 0.05) is 24.7 Å². The van der Waals surface area contributed by atoms with Crippen molar-refractivity contribution in [1.29, 1.82) is 0 Å². The summed E-state index contributed by atoms with van der Waals surface area (Å²) in [4.78, 5) is 10.8. The van der Waals surface area contributed by atoms with Crippen LogP contribution in [0.25, 0.3) is 11.3 Å². The summed E-state index contributed by atoms with van der Waals surface area (Å²) < 4.78 is 19.0. The fourth-order valence-electron chi connectivity index (χ4n) is 2.26. The zero-order chi connectivity index (χ0) is 14.8. The van der Waals surface area contributed by atoms with Gasteiger partial charge in [-0.1, -0.05) is 12.1 Å². The topological polar surface area (TPSA) is 64.3 Å². The minimum Gasteiger partial charge on any atom is -0.384 e. The van der Waals surface area contributed by atoms with Gasteiger partial charge in [0.05, 0.1) is 18.9 Å². The number of hydrogen-bond acceptors (Lipinski definition) is 5. The lowest BCUT2D eigenvalue weighted by Crippen LogP contribution is -2.37. The average molecular weight is 288 g/mol. The smallest absolute Gasteiger partial charge is 0.228 e. The molecule has 0 spiro atoms. The van der Waals surface area contributed by atoms with Gasteiger partial charge in [-0.3, -0.25) is 0 Å². The number of aromatic nitrogens is 2. The molecule has 5 nitrogen and oxygen atoms in total. The summed E-state index contributed by atoms with van der Waals surface area (Å²) in [6, 6.07) is 6.70. The van der Waals surface area contributed by atoms with Gasteiger partial charge >= 0.3 is 0 Å². The Morgan fingerprint density at radius 3 is 2.67 bits per heavy atom. The Balaban J connectivity index is 1.98. The second-order valence-electron chi connectivity index (χ2n) is 5.04. The van der Waals surface area contributed by atoms with Gasteiger partial charge in [0.25, 0.3) is 0 Å². The fourth-order valence-corrected chi connectivity index (χ4v) is 2.26. The summed E-state index contributed by atoms with van der Waals surface area (Å²) in [5.41, 5.74) is 7.80. The van der Waals surface area contributed by atoms with E-state index in [-0.39, 0.29) is 5.82 Å². The van der Waals surface area contributed by atoms with Gasteiger partial charge in [-0.25, -0.2) is 9.37 Å². The van der Waals surface area contributed by atoms with Gasteiger partial charge in [0.15, 0.2) is 0 Å². The zero-order valence-corrected chi connectivity index (χ0v) is 11.8. The van der Waals surface area contributed by atoms with Crippen LogP contribution in [0.15, 0.2) is 24.3 Å². The fraction of sp³-hybridized carbons (Fsp3) is 0.333. The third-order valence-electron chi connectivity index (χ3n) is 3.50. The number of morpholine rings is 1. The predicted octanol–water partition coefficient (Wildman–Crippen LogP) is 2.01. The normalized spacial score (nSPS) is 15.2. The maximum Gasteiger partial charge on any atom is 0.228 e. The average Bonchev–Trinajstić information content (AvgIpc) is 2.50. The van der Waals surface area contributed by atoms with Crippen molar-refractivity contribution in [3.05, 3.63) is 35.6 Å². The SMILES string of the molecule is Cc1ccc(-c2cc(N)nc(N3CCOCC3)n2)cc1F. The minimum atomic E-state index is -0.252. The number of nitrogen functional groups attached to an aromatic ring is 1. The van der Waals surface area contributed by atoms with Crippen LogP contribution in [0.1, 0.15) is 5.56 Å². The molecule has 21 heavy (non-hydrogen) atoms. The van der Waals surface area contributed by atoms with E-state index in [4.69, 9.17) is 10.5 Å². The molecule has 1 aliphatic heterocycles. The summed E-state index contributed by atoms with van der Waals surface area (Å²) in [7, 11) is 0. The Kier molecular flexibility index (Phi) is 3.70. The van der Waals surface area contributed by atoms with Crippen LogP contribution in [-0.2, 0) is 4.74 Å². The monoisotopic (exact) mass is 288 g/mol. The minimum absolute atomic E-state index is 0.252. The number of ether oxygens (including phenoxy) is 1. The highest BCUT2D eigenvalue weighted by atomic mass is 19.1. The highest BCUT2D eigenvalue weighted by Crippen LogP contribution is 2.24. The van der Waals surface area contributed by atoms with Gasteiger partial charge in [0.2, 0.25) is 5.95 Å². The second-order valence-corrected chi connectivity index (χ2v) is 5.04. The summed E-state index contributed by atoms with van der Waals surface area (Å²) in [5.74, 6) is 0.689. The summed E-state index contributed by atoms with van der Waals surface area (Å²) in [6.07, 6.45) is 0. The second kappa shape index (κ2) is 5.65. The number of anilines is 2. The number of rotatable bonds is 2. The highest BCUT2D eigenvalue weighted by molar-refractivity contribution is 5.64. The van der Waals surface area contributed by atoms with Gasteiger partial charge in [0.1, 0.15) is 11.6 Å². The Bertz CT molecular complexity index is 656. The van der Waals surface area contributed by atoms with Crippen LogP contribution < -0.4 is 10.6 Å². The van der Waals surface area contributed by atoms with Crippen LogP contribution >= 0.6 is 0 Å². The molecule has 2 aromatic rings. The Hall–Kier alpha value is -2.21. The summed E-state index contributed by atoms with van der Waals surface area (Å²) in [5, 5.41) is 0. The molecule has 1 aromatic carbocycles. The maximum atomic E-state index is 13.7. The van der Waals surface area contributed by atoms with E-state index < -0.39 is 0 Å². The molecule has 2 N–H and O–H groups in total. The first kappa shape index (κ1) is 13.8. The lowest BCUT2D eigenvalue weighted by molar-refractivity contribution is 0.122. The van der Waals surface area contributed by atoms with Crippen molar-refractivity contribution in [3.8, 4) is 11.3 Å². The lowest BCUT2D eigenvalue weighted by atomic mass is 10.1. The molecule has 2 heterocycles. The van der Waals surface area contributed by atoms with Crippen molar-refractivity contribution in [2.24, 2.45) is 0 Å². The van der Waals surface area contributed by atoms with E-state index in [9.17, 15) is 4.39 Å². The Morgan fingerprint density at radius 1 is 1.19 bits per heavy atom. The van der Waals surface area contributed by atoms with Crippen molar-refractivity contribution in [3.63, 3.8) is 0 Å². The molecule has 0 amide bonds. The largest absolute Gasteiger partial charge is 0.384 e. The number of nitrogens with two attached hydrogens (primary N) is 1. The van der Waals surface area contributed by atoms with E-state index in [1.165, 1.54) is 6.07 Å². The van der Waals surface area contributed by atoms with E-state index >= 15 is 0 Å². The first-order valence-corrected chi connectivity index (χ1v) is 6.87. The molecule has 0 radical (unpaired) electrons. The van der Waals surface area contributed by atoms with Crippen LogP contribution in [0, 0.1) is 12.7 Å². The molecular formula is C15H17FN4O. The molecule has 1 aromatic heterocycles. The van der Waals surface area contributed by atoms with Gasteiger partial charge in [-0.15, -0.1) is 0 Å². The summed E-state index contributed by atoms with van der Waals surface area (Å²) in [6.45, 7) is 4.47. The zero-order valence-electron chi connectivity index (χ0n) is 11.8. The lowest BCUT2D eigenvalue weighted by Gasteiger charge is -2.27. The predicted molar refractivity (Wildman–Crippen MR) is 79.6 cm³/mol. The standard InChI is InChI=1S/C15H17FN4O/c1-10-2-3-11(8-12(10)16)13-9-14(17)19-15(18-13)20-4-6-21-7-5-20/h2-3,8-9H,4-7H2,1H3,(H2,17,18,19). The van der Waals surface area contributed by atoms with Gasteiger partial charge in [-0.05, 0) is 18.6 Å². The molecule has 0 saturated carbocycles. The molecule has 0 bridgehead atoms. The molecule has 1 saturated heterocycles. The molecule has 1 fully saturated rings. The maximum absolute atomic E-state index is 13.7. The molecule has 6 heteroatoms. The molecule has 0 aliphatic carbocycles. The molecule has 0 atom stereocenters. The number of halogens is 1. The third kappa shape index (κ3) is 2.95. The van der Waals surface area contributed by atoms with Crippen LogP contribution in [0.2, 0.25) is 0 Å². The van der Waals surface area contributed by atoms with Crippen LogP contribution in [0.5, 0.6) is 0 Å². The molecule has 110 valence electrons. The van der Waals surface area contributed by atoms with E-state index in [1.807, 2.05) is 11.0 Å². The molecular weight excluding hydrogens is 271 g/mol. The van der Waals surface area contributed by atoms with Crippen LogP contribution in [0.3, 0.4) is 0 Å². The first-order valence-electron chi connectivity index (χ1n) is 6.87. The van der Waals surface area contributed by atoms with E-state index in [1.54, 1.807) is 19.1 Å². The van der Waals surface area contributed by atoms with E-state index in [2.05, 4.69) is 9.97 Å². The van der Waals surface area contributed by atoms with E-state index in [0.29, 0.717) is 41.8 Å². The van der Waals surface area contributed by atoms with Gasteiger partial charge in [-0.2, -0.15) is 4.98 Å². The molecule has 3 rings (SSSR count).